The van der Waals surface area contributed by atoms with Gasteiger partial charge in [0.2, 0.25) is 0 Å². The van der Waals surface area contributed by atoms with E-state index in [0.29, 0.717) is 6.54 Å². The Morgan fingerprint density at radius 1 is 1.50 bits per heavy atom. The minimum atomic E-state index is -0.146. The second-order valence-corrected chi connectivity index (χ2v) is 5.58. The summed E-state index contributed by atoms with van der Waals surface area (Å²) in [6, 6.07) is -0.146. The lowest BCUT2D eigenvalue weighted by molar-refractivity contribution is 0.243. The van der Waals surface area contributed by atoms with Gasteiger partial charge in [0.25, 0.3) is 0 Å². The maximum atomic E-state index is 10.9. The molecule has 0 saturated heterocycles. The largest absolute Gasteiger partial charge is 0.341 e. The Kier molecular flexibility index (Phi) is 4.29. The van der Waals surface area contributed by atoms with Gasteiger partial charge in [-0.25, -0.2) is 9.78 Å². The Balaban J connectivity index is 2.44. The van der Waals surface area contributed by atoms with Gasteiger partial charge in [-0.1, -0.05) is 20.8 Å². The van der Waals surface area contributed by atoms with Gasteiger partial charge in [-0.05, 0) is 0 Å². The van der Waals surface area contributed by atoms with Crippen LogP contribution in [0.25, 0.3) is 0 Å². The number of carbonyl (C=O) groups is 1. The van der Waals surface area contributed by atoms with E-state index in [1.165, 1.54) is 0 Å². The number of thiazole rings is 1. The van der Waals surface area contributed by atoms with Crippen molar-refractivity contribution in [1.82, 2.24) is 15.6 Å². The molecule has 0 aromatic carbocycles. The number of carbonyl (C=O) groups excluding carboxylic acids is 1. The third kappa shape index (κ3) is 3.81. The first kappa shape index (κ1) is 13.0. The van der Waals surface area contributed by atoms with Gasteiger partial charge in [0.15, 0.2) is 0 Å². The van der Waals surface area contributed by atoms with Crippen LogP contribution in [0.4, 0.5) is 4.79 Å². The Hall–Kier alpha value is -1.10. The molecule has 0 radical (unpaired) electrons. The van der Waals surface area contributed by atoms with Gasteiger partial charge in [-0.3, -0.25) is 0 Å². The summed E-state index contributed by atoms with van der Waals surface area (Å²) in [5.41, 5.74) is 1.22. The van der Waals surface area contributed by atoms with E-state index in [2.05, 4.69) is 41.8 Å². The normalized spacial score (nSPS) is 11.2. The van der Waals surface area contributed by atoms with Crippen LogP contribution in [0.1, 0.15) is 31.5 Å². The molecule has 0 spiro atoms. The van der Waals surface area contributed by atoms with Gasteiger partial charge in [0.05, 0.1) is 10.7 Å². The Morgan fingerprint density at radius 3 is 2.69 bits per heavy atom. The third-order valence-electron chi connectivity index (χ3n) is 2.17. The molecule has 1 aromatic heterocycles. The maximum absolute atomic E-state index is 10.9. The van der Waals surface area contributed by atoms with Crippen molar-refractivity contribution in [2.75, 3.05) is 13.6 Å². The molecule has 0 aliphatic rings. The number of nitrogens with zero attached hydrogens (tertiary/aromatic N) is 1. The Morgan fingerprint density at radius 2 is 2.19 bits per heavy atom. The molecule has 1 aromatic rings. The van der Waals surface area contributed by atoms with E-state index in [4.69, 9.17) is 0 Å². The smallest absolute Gasteiger partial charge is 0.314 e. The van der Waals surface area contributed by atoms with Gasteiger partial charge >= 0.3 is 6.03 Å². The highest BCUT2D eigenvalue weighted by Gasteiger charge is 2.17. The zero-order valence-electron chi connectivity index (χ0n) is 10.3. The van der Waals surface area contributed by atoms with E-state index in [0.717, 1.165) is 17.1 Å². The summed E-state index contributed by atoms with van der Waals surface area (Å²) in [5.74, 6) is 0. The molecule has 0 aliphatic heterocycles. The fraction of sp³-hybridized carbons (Fsp3) is 0.636. The van der Waals surface area contributed by atoms with E-state index in [9.17, 15) is 4.79 Å². The zero-order chi connectivity index (χ0) is 12.2. The monoisotopic (exact) mass is 241 g/mol. The molecule has 1 heterocycles. The minimum absolute atomic E-state index is 0.100. The van der Waals surface area contributed by atoms with Crippen LogP contribution in [0.15, 0.2) is 5.38 Å². The molecule has 1 rings (SSSR count). The van der Waals surface area contributed by atoms with Crippen molar-refractivity contribution >= 4 is 17.4 Å². The molecule has 90 valence electrons. The van der Waals surface area contributed by atoms with E-state index in [1.54, 1.807) is 18.4 Å². The molecule has 4 nitrogen and oxygen atoms in total. The summed E-state index contributed by atoms with van der Waals surface area (Å²) >= 11 is 1.65. The lowest BCUT2D eigenvalue weighted by atomic mass is 9.93. The highest BCUT2D eigenvalue weighted by molar-refractivity contribution is 7.09. The number of nitrogens with one attached hydrogen (secondary N) is 2. The Labute approximate surface area is 100 Å². The molecule has 0 saturated carbocycles. The first-order chi connectivity index (χ1) is 7.43. The first-order valence-electron chi connectivity index (χ1n) is 5.34. The SMILES string of the molecule is CNC(=O)NCCc1nc(C(C)(C)C)cs1. The lowest BCUT2D eigenvalue weighted by Gasteiger charge is -2.14. The summed E-state index contributed by atoms with van der Waals surface area (Å²) < 4.78 is 0. The van der Waals surface area contributed by atoms with Crippen molar-refractivity contribution in [1.29, 1.82) is 0 Å². The summed E-state index contributed by atoms with van der Waals surface area (Å²) in [7, 11) is 1.61. The predicted molar refractivity (Wildman–Crippen MR) is 67.0 cm³/mol. The number of rotatable bonds is 3. The van der Waals surface area contributed by atoms with Gasteiger partial charge in [0, 0.05) is 30.8 Å². The van der Waals surface area contributed by atoms with Crippen LogP contribution in [0, 0.1) is 0 Å². The highest BCUT2D eigenvalue weighted by atomic mass is 32.1. The summed E-state index contributed by atoms with van der Waals surface area (Å²) in [6.07, 6.45) is 0.786. The molecule has 0 fully saturated rings. The van der Waals surface area contributed by atoms with Crippen LogP contribution in [-0.4, -0.2) is 24.6 Å². The summed E-state index contributed by atoms with van der Waals surface area (Å²) in [5, 5.41) is 8.42. The molecule has 2 N–H and O–H groups in total. The van der Waals surface area contributed by atoms with Gasteiger partial charge in [-0.15, -0.1) is 11.3 Å². The predicted octanol–water partition coefficient (Wildman–Crippen LogP) is 1.91. The van der Waals surface area contributed by atoms with Crippen LogP contribution < -0.4 is 10.6 Å². The van der Waals surface area contributed by atoms with Crippen molar-refractivity contribution in [3.63, 3.8) is 0 Å². The topological polar surface area (TPSA) is 54.0 Å². The van der Waals surface area contributed by atoms with Gasteiger partial charge in [0.1, 0.15) is 0 Å². The standard InChI is InChI=1S/C11H19N3OS/c1-11(2,3)8-7-16-9(14-8)5-6-13-10(15)12-4/h7H,5-6H2,1-4H3,(H2,12,13,15). The van der Waals surface area contributed by atoms with Crippen molar-refractivity contribution in [3.05, 3.63) is 16.1 Å². The second kappa shape index (κ2) is 5.30. The average Bonchev–Trinajstić information content (AvgIpc) is 2.65. The summed E-state index contributed by atoms with van der Waals surface area (Å²) in [4.78, 5) is 15.5. The first-order valence-corrected chi connectivity index (χ1v) is 6.22. The quantitative estimate of drug-likeness (QED) is 0.849. The molecule has 0 unspecified atom stereocenters. The molecule has 0 atom stereocenters. The maximum Gasteiger partial charge on any atom is 0.314 e. The number of hydrogen-bond acceptors (Lipinski definition) is 3. The van der Waals surface area contributed by atoms with Gasteiger partial charge in [-0.2, -0.15) is 0 Å². The fourth-order valence-electron chi connectivity index (χ4n) is 1.14. The summed E-state index contributed by atoms with van der Waals surface area (Å²) in [6.45, 7) is 7.06. The van der Waals surface area contributed by atoms with Crippen molar-refractivity contribution in [2.45, 2.75) is 32.6 Å². The van der Waals surface area contributed by atoms with Crippen molar-refractivity contribution < 1.29 is 4.79 Å². The van der Waals surface area contributed by atoms with E-state index >= 15 is 0 Å². The molecule has 2 amide bonds. The third-order valence-corrected chi connectivity index (χ3v) is 3.08. The molecule has 16 heavy (non-hydrogen) atoms. The molecular weight excluding hydrogens is 222 g/mol. The van der Waals surface area contributed by atoms with Crippen LogP contribution in [-0.2, 0) is 11.8 Å². The number of amides is 2. The van der Waals surface area contributed by atoms with Crippen molar-refractivity contribution in [3.8, 4) is 0 Å². The van der Waals surface area contributed by atoms with E-state index in [1.807, 2.05) is 0 Å². The lowest BCUT2D eigenvalue weighted by Crippen LogP contribution is -2.34. The molecule has 5 heteroatoms. The minimum Gasteiger partial charge on any atom is -0.341 e. The fourth-order valence-corrected chi connectivity index (χ4v) is 2.17. The molecule has 0 bridgehead atoms. The number of aromatic nitrogens is 1. The molecule has 0 aliphatic carbocycles. The van der Waals surface area contributed by atoms with Crippen LogP contribution >= 0.6 is 11.3 Å². The van der Waals surface area contributed by atoms with E-state index < -0.39 is 0 Å². The number of hydrogen-bond donors (Lipinski definition) is 2. The Bertz CT molecular complexity index is 354. The molecular formula is C11H19N3OS. The van der Waals surface area contributed by atoms with Crippen LogP contribution in [0.5, 0.6) is 0 Å². The van der Waals surface area contributed by atoms with Crippen LogP contribution in [0.3, 0.4) is 0 Å². The van der Waals surface area contributed by atoms with E-state index in [-0.39, 0.29) is 11.4 Å². The van der Waals surface area contributed by atoms with Crippen LogP contribution in [0.2, 0.25) is 0 Å². The highest BCUT2D eigenvalue weighted by Crippen LogP contribution is 2.23. The average molecular weight is 241 g/mol. The van der Waals surface area contributed by atoms with Crippen molar-refractivity contribution in [2.24, 2.45) is 0 Å². The zero-order valence-corrected chi connectivity index (χ0v) is 11.1. The second-order valence-electron chi connectivity index (χ2n) is 4.63. The number of urea groups is 1. The van der Waals surface area contributed by atoms with Gasteiger partial charge < -0.3 is 10.6 Å².